The minimum absolute atomic E-state index is 0.256. The van der Waals surface area contributed by atoms with Crippen LogP contribution in [0.5, 0.6) is 11.5 Å². The molecule has 0 saturated carbocycles. The van der Waals surface area contributed by atoms with Gasteiger partial charge in [0.1, 0.15) is 5.75 Å². The summed E-state index contributed by atoms with van der Waals surface area (Å²) in [6.45, 7) is 4.99. The van der Waals surface area contributed by atoms with Crippen LogP contribution in [0.4, 0.5) is 4.39 Å². The van der Waals surface area contributed by atoms with Gasteiger partial charge in [-0.15, -0.1) is 0 Å². The van der Waals surface area contributed by atoms with Gasteiger partial charge in [-0.2, -0.15) is 0 Å². The van der Waals surface area contributed by atoms with Crippen molar-refractivity contribution in [2.75, 3.05) is 7.05 Å². The van der Waals surface area contributed by atoms with Gasteiger partial charge in [-0.1, -0.05) is 32.0 Å². The monoisotopic (exact) mass is 287 g/mol. The van der Waals surface area contributed by atoms with Crippen molar-refractivity contribution in [1.82, 2.24) is 5.32 Å². The highest BCUT2D eigenvalue weighted by molar-refractivity contribution is 5.36. The van der Waals surface area contributed by atoms with Gasteiger partial charge in [0.25, 0.3) is 0 Å². The van der Waals surface area contributed by atoms with Crippen LogP contribution in [0.2, 0.25) is 0 Å². The minimum Gasteiger partial charge on any atom is -0.454 e. The Morgan fingerprint density at radius 2 is 1.86 bits per heavy atom. The highest BCUT2D eigenvalue weighted by Crippen LogP contribution is 2.27. The lowest BCUT2D eigenvalue weighted by atomic mass is 9.99. The number of nitrogens with one attached hydrogen (secondary N) is 1. The lowest BCUT2D eigenvalue weighted by molar-refractivity contribution is 0.441. The number of rotatable bonds is 6. The third-order valence-corrected chi connectivity index (χ3v) is 3.67. The number of benzene rings is 2. The van der Waals surface area contributed by atoms with E-state index in [0.717, 1.165) is 12.0 Å². The van der Waals surface area contributed by atoms with E-state index in [0.29, 0.717) is 18.2 Å². The van der Waals surface area contributed by atoms with Crippen LogP contribution in [-0.4, -0.2) is 7.05 Å². The lowest BCUT2D eigenvalue weighted by Crippen LogP contribution is -2.05. The molecule has 2 nitrogen and oxygen atoms in total. The average molecular weight is 287 g/mol. The zero-order valence-electron chi connectivity index (χ0n) is 12.8. The Hall–Kier alpha value is -1.87. The fourth-order valence-corrected chi connectivity index (χ4v) is 2.17. The molecule has 2 aromatic carbocycles. The van der Waals surface area contributed by atoms with E-state index >= 15 is 0 Å². The van der Waals surface area contributed by atoms with Crippen LogP contribution >= 0.6 is 0 Å². The molecule has 0 aliphatic heterocycles. The molecule has 2 aromatic rings. The quantitative estimate of drug-likeness (QED) is 0.820. The molecule has 3 heteroatoms. The first-order valence-electron chi connectivity index (χ1n) is 7.35. The molecule has 1 unspecified atom stereocenters. The number of ether oxygens (including phenoxy) is 1. The van der Waals surface area contributed by atoms with Crippen LogP contribution in [0, 0.1) is 5.82 Å². The van der Waals surface area contributed by atoms with Crippen molar-refractivity contribution >= 4 is 0 Å². The first-order valence-corrected chi connectivity index (χ1v) is 7.35. The zero-order chi connectivity index (χ0) is 15.2. The van der Waals surface area contributed by atoms with Gasteiger partial charge in [0, 0.05) is 6.54 Å². The maximum atomic E-state index is 14.0. The Morgan fingerprint density at radius 1 is 1.14 bits per heavy atom. The van der Waals surface area contributed by atoms with Crippen molar-refractivity contribution in [3.8, 4) is 11.5 Å². The average Bonchev–Trinajstić information content (AvgIpc) is 2.50. The number of halogens is 1. The first kappa shape index (κ1) is 15.5. The van der Waals surface area contributed by atoms with E-state index in [4.69, 9.17) is 4.74 Å². The Labute approximate surface area is 126 Å². The van der Waals surface area contributed by atoms with Crippen LogP contribution in [0.1, 0.15) is 37.3 Å². The van der Waals surface area contributed by atoms with Crippen molar-refractivity contribution in [3.63, 3.8) is 0 Å². The van der Waals surface area contributed by atoms with Crippen molar-refractivity contribution in [1.29, 1.82) is 0 Å². The zero-order valence-corrected chi connectivity index (χ0v) is 12.8. The summed E-state index contributed by atoms with van der Waals surface area (Å²) in [6, 6.07) is 12.9. The molecule has 0 spiro atoms. The molecule has 0 amide bonds. The summed E-state index contributed by atoms with van der Waals surface area (Å²) in [6.07, 6.45) is 1.10. The second kappa shape index (κ2) is 7.23. The first-order chi connectivity index (χ1) is 10.1. The van der Waals surface area contributed by atoms with Crippen molar-refractivity contribution < 1.29 is 9.13 Å². The van der Waals surface area contributed by atoms with Crippen LogP contribution in [0.15, 0.2) is 42.5 Å². The molecule has 21 heavy (non-hydrogen) atoms. The summed E-state index contributed by atoms with van der Waals surface area (Å²) >= 11 is 0. The van der Waals surface area contributed by atoms with Crippen LogP contribution < -0.4 is 10.1 Å². The molecule has 1 atom stereocenters. The standard InChI is InChI=1S/C18H22FNO/c1-4-13(2)15-6-8-16(9-7-15)21-18-10-5-14(12-20-3)11-17(18)19/h5-11,13,20H,4,12H2,1-3H3. The second-order valence-electron chi connectivity index (χ2n) is 5.28. The third-order valence-electron chi connectivity index (χ3n) is 3.67. The minimum atomic E-state index is -0.339. The molecule has 2 rings (SSSR count). The summed E-state index contributed by atoms with van der Waals surface area (Å²) in [5.41, 5.74) is 2.17. The van der Waals surface area contributed by atoms with Gasteiger partial charge < -0.3 is 10.1 Å². The molecule has 0 bridgehead atoms. The normalized spacial score (nSPS) is 12.2. The smallest absolute Gasteiger partial charge is 0.166 e. The fraction of sp³-hybridized carbons (Fsp3) is 0.333. The van der Waals surface area contributed by atoms with Gasteiger partial charge in [-0.05, 0) is 54.8 Å². The summed E-state index contributed by atoms with van der Waals surface area (Å²) < 4.78 is 19.6. The summed E-state index contributed by atoms with van der Waals surface area (Å²) in [4.78, 5) is 0. The van der Waals surface area contributed by atoms with Crippen molar-refractivity contribution in [2.24, 2.45) is 0 Å². The highest BCUT2D eigenvalue weighted by Gasteiger charge is 2.07. The molecule has 0 aromatic heterocycles. The van der Waals surface area contributed by atoms with E-state index in [9.17, 15) is 4.39 Å². The molecule has 0 heterocycles. The lowest BCUT2D eigenvalue weighted by Gasteiger charge is -2.11. The van der Waals surface area contributed by atoms with Gasteiger partial charge >= 0.3 is 0 Å². The van der Waals surface area contributed by atoms with E-state index < -0.39 is 0 Å². The van der Waals surface area contributed by atoms with E-state index in [2.05, 4.69) is 19.2 Å². The van der Waals surface area contributed by atoms with Crippen molar-refractivity contribution in [3.05, 3.63) is 59.4 Å². The van der Waals surface area contributed by atoms with Crippen LogP contribution in [0.3, 0.4) is 0 Å². The predicted molar refractivity (Wildman–Crippen MR) is 84.4 cm³/mol. The molecule has 0 saturated heterocycles. The topological polar surface area (TPSA) is 21.3 Å². The summed E-state index contributed by atoms with van der Waals surface area (Å²) in [5, 5.41) is 3.00. The number of hydrogen-bond donors (Lipinski definition) is 1. The second-order valence-corrected chi connectivity index (χ2v) is 5.28. The Bertz CT molecular complexity index is 580. The number of hydrogen-bond acceptors (Lipinski definition) is 2. The van der Waals surface area contributed by atoms with Crippen LogP contribution in [-0.2, 0) is 6.54 Å². The largest absolute Gasteiger partial charge is 0.454 e. The molecule has 1 N–H and O–H groups in total. The summed E-state index contributed by atoms with van der Waals surface area (Å²) in [5.74, 6) is 1.10. The molecular weight excluding hydrogens is 265 g/mol. The maximum absolute atomic E-state index is 14.0. The fourth-order valence-electron chi connectivity index (χ4n) is 2.17. The highest BCUT2D eigenvalue weighted by atomic mass is 19.1. The van der Waals surface area contributed by atoms with Gasteiger partial charge in [-0.3, -0.25) is 0 Å². The molecule has 0 radical (unpaired) electrons. The Balaban J connectivity index is 2.11. The van der Waals surface area contributed by atoms with E-state index in [1.807, 2.05) is 37.4 Å². The summed E-state index contributed by atoms with van der Waals surface area (Å²) in [7, 11) is 1.83. The Kier molecular flexibility index (Phi) is 5.34. The van der Waals surface area contributed by atoms with Gasteiger partial charge in [-0.25, -0.2) is 4.39 Å². The molecule has 0 fully saturated rings. The van der Waals surface area contributed by atoms with E-state index in [1.165, 1.54) is 11.6 Å². The Morgan fingerprint density at radius 3 is 2.43 bits per heavy atom. The third kappa shape index (κ3) is 4.05. The SMILES string of the molecule is CCC(C)c1ccc(Oc2ccc(CNC)cc2F)cc1. The molecule has 0 aliphatic rings. The van der Waals surface area contributed by atoms with Crippen LogP contribution in [0.25, 0.3) is 0 Å². The van der Waals surface area contributed by atoms with E-state index in [1.54, 1.807) is 6.07 Å². The molecule has 0 aliphatic carbocycles. The molecular formula is C18H22FNO. The van der Waals surface area contributed by atoms with Crippen molar-refractivity contribution in [2.45, 2.75) is 32.7 Å². The van der Waals surface area contributed by atoms with Gasteiger partial charge in [0.05, 0.1) is 0 Å². The van der Waals surface area contributed by atoms with Gasteiger partial charge in [0.2, 0.25) is 0 Å². The molecule has 112 valence electrons. The predicted octanol–water partition coefficient (Wildman–Crippen LogP) is 4.85. The maximum Gasteiger partial charge on any atom is 0.166 e. The van der Waals surface area contributed by atoms with E-state index in [-0.39, 0.29) is 11.6 Å². The van der Waals surface area contributed by atoms with Gasteiger partial charge in [0.15, 0.2) is 11.6 Å².